The molecule has 0 bridgehead atoms. The van der Waals surface area contributed by atoms with Crippen molar-refractivity contribution >= 4 is 23.1 Å². The van der Waals surface area contributed by atoms with Gasteiger partial charge < -0.3 is 10.1 Å². The number of ether oxygens (including phenoxy) is 1. The van der Waals surface area contributed by atoms with Gasteiger partial charge in [0.1, 0.15) is 5.69 Å². The third-order valence-electron chi connectivity index (χ3n) is 3.22. The second-order valence-corrected chi connectivity index (χ2v) is 5.07. The molecule has 0 radical (unpaired) electrons. The van der Waals surface area contributed by atoms with Gasteiger partial charge in [0.25, 0.3) is 5.69 Å². The summed E-state index contributed by atoms with van der Waals surface area (Å²) in [6.45, 7) is 2.76. The molecular formula is C14H16N2O5. The fraction of sp³-hybridized carbons (Fsp3) is 0.429. The molecule has 0 spiro atoms. The molecule has 7 nitrogen and oxygen atoms in total. The molecule has 1 fully saturated rings. The topological polar surface area (TPSA) is 98.5 Å². The van der Waals surface area contributed by atoms with Gasteiger partial charge in [-0.2, -0.15) is 0 Å². The third-order valence-corrected chi connectivity index (χ3v) is 3.22. The van der Waals surface area contributed by atoms with Crippen molar-refractivity contribution in [1.82, 2.24) is 0 Å². The number of hydrogen-bond donors (Lipinski definition) is 1. The Kier molecular flexibility index (Phi) is 4.21. The van der Waals surface area contributed by atoms with Crippen molar-refractivity contribution in [3.05, 3.63) is 33.9 Å². The molecule has 1 aromatic carbocycles. The van der Waals surface area contributed by atoms with E-state index in [0.717, 1.165) is 12.8 Å². The van der Waals surface area contributed by atoms with Crippen LogP contribution in [0.5, 0.6) is 0 Å². The zero-order chi connectivity index (χ0) is 15.6. The standard InChI is InChI=1S/C14H16N2O5/c1-8(17)9(2)21-14(18)10-3-6-12(15-11-4-5-11)13(7-10)16(19)20/h3,6-7,9,11,15H,4-5H2,1-2H3. The van der Waals surface area contributed by atoms with Gasteiger partial charge in [0, 0.05) is 12.1 Å². The smallest absolute Gasteiger partial charge is 0.339 e. The summed E-state index contributed by atoms with van der Waals surface area (Å²) in [5.41, 5.74) is 0.265. The fourth-order valence-corrected chi connectivity index (χ4v) is 1.69. The van der Waals surface area contributed by atoms with Crippen molar-refractivity contribution in [3.63, 3.8) is 0 Å². The molecule has 7 heteroatoms. The molecular weight excluding hydrogens is 276 g/mol. The first kappa shape index (κ1) is 15.0. The number of carbonyl (C=O) groups excluding carboxylic acids is 2. The molecule has 1 aliphatic carbocycles. The van der Waals surface area contributed by atoms with Gasteiger partial charge >= 0.3 is 5.97 Å². The Morgan fingerprint density at radius 3 is 2.62 bits per heavy atom. The number of benzene rings is 1. The summed E-state index contributed by atoms with van der Waals surface area (Å²) < 4.78 is 4.93. The van der Waals surface area contributed by atoms with Crippen LogP contribution in [0.25, 0.3) is 0 Å². The SMILES string of the molecule is CC(=O)C(C)OC(=O)c1ccc(NC2CC2)c([N+](=O)[O-])c1. The summed E-state index contributed by atoms with van der Waals surface area (Å²) in [5.74, 6) is -1.04. The van der Waals surface area contributed by atoms with Gasteiger partial charge in [0.15, 0.2) is 11.9 Å². The number of Topliss-reactive ketones (excluding diaryl/α,β-unsaturated/α-hetero) is 1. The summed E-state index contributed by atoms with van der Waals surface area (Å²) in [6.07, 6.45) is 1.09. The lowest BCUT2D eigenvalue weighted by atomic mass is 10.1. The zero-order valence-corrected chi connectivity index (χ0v) is 11.8. The van der Waals surface area contributed by atoms with Gasteiger partial charge in [0.2, 0.25) is 0 Å². The van der Waals surface area contributed by atoms with Gasteiger partial charge in [0.05, 0.1) is 10.5 Å². The van der Waals surface area contributed by atoms with E-state index in [2.05, 4.69) is 5.32 Å². The van der Waals surface area contributed by atoms with Crippen molar-refractivity contribution in [2.75, 3.05) is 5.32 Å². The molecule has 112 valence electrons. The molecule has 0 saturated heterocycles. The normalized spacial score (nSPS) is 15.1. The maximum atomic E-state index is 11.9. The molecule has 1 saturated carbocycles. The summed E-state index contributed by atoms with van der Waals surface area (Å²) >= 11 is 0. The fourth-order valence-electron chi connectivity index (χ4n) is 1.69. The number of nitrogens with one attached hydrogen (secondary N) is 1. The molecule has 1 unspecified atom stereocenters. The largest absolute Gasteiger partial charge is 0.451 e. The van der Waals surface area contributed by atoms with E-state index >= 15 is 0 Å². The van der Waals surface area contributed by atoms with E-state index in [1.807, 2.05) is 0 Å². The highest BCUT2D eigenvalue weighted by Crippen LogP contribution is 2.31. The van der Waals surface area contributed by atoms with Crippen LogP contribution in [-0.2, 0) is 9.53 Å². The summed E-state index contributed by atoms with van der Waals surface area (Å²) in [6, 6.07) is 4.37. The lowest BCUT2D eigenvalue weighted by Crippen LogP contribution is -2.22. The van der Waals surface area contributed by atoms with Crippen LogP contribution in [0.4, 0.5) is 11.4 Å². The van der Waals surface area contributed by atoms with E-state index in [1.165, 1.54) is 32.0 Å². The number of esters is 1. The van der Waals surface area contributed by atoms with Crippen LogP contribution >= 0.6 is 0 Å². The Morgan fingerprint density at radius 1 is 1.43 bits per heavy atom. The van der Waals surface area contributed by atoms with Crippen LogP contribution < -0.4 is 5.32 Å². The molecule has 1 aliphatic rings. The summed E-state index contributed by atoms with van der Waals surface area (Å²) in [7, 11) is 0. The number of carbonyl (C=O) groups is 2. The maximum absolute atomic E-state index is 11.9. The number of anilines is 1. The van der Waals surface area contributed by atoms with E-state index in [9.17, 15) is 19.7 Å². The number of nitrogens with zero attached hydrogens (tertiary/aromatic N) is 1. The van der Waals surface area contributed by atoms with E-state index in [0.29, 0.717) is 5.69 Å². The molecule has 21 heavy (non-hydrogen) atoms. The molecule has 0 aliphatic heterocycles. The molecule has 0 heterocycles. The second-order valence-electron chi connectivity index (χ2n) is 5.07. The lowest BCUT2D eigenvalue weighted by Gasteiger charge is -2.11. The number of hydrogen-bond acceptors (Lipinski definition) is 6. The Morgan fingerprint density at radius 2 is 2.10 bits per heavy atom. The van der Waals surface area contributed by atoms with Gasteiger partial charge in [-0.05, 0) is 38.8 Å². The number of nitro groups is 1. The summed E-state index contributed by atoms with van der Waals surface area (Å²) in [4.78, 5) is 33.5. The van der Waals surface area contributed by atoms with Crippen molar-refractivity contribution in [1.29, 1.82) is 0 Å². The highest BCUT2D eigenvalue weighted by atomic mass is 16.6. The molecule has 2 rings (SSSR count). The van der Waals surface area contributed by atoms with Crippen LogP contribution in [0.2, 0.25) is 0 Å². The van der Waals surface area contributed by atoms with Crippen LogP contribution in [-0.4, -0.2) is 28.8 Å². The van der Waals surface area contributed by atoms with Crippen molar-refractivity contribution < 1.29 is 19.2 Å². The Hall–Kier alpha value is -2.44. The maximum Gasteiger partial charge on any atom is 0.339 e. The van der Waals surface area contributed by atoms with Crippen LogP contribution in [0.1, 0.15) is 37.0 Å². The average Bonchev–Trinajstić information content (AvgIpc) is 3.22. The highest BCUT2D eigenvalue weighted by molar-refractivity contribution is 5.93. The Bertz CT molecular complexity index is 595. The van der Waals surface area contributed by atoms with Crippen molar-refractivity contribution in [2.24, 2.45) is 0 Å². The van der Waals surface area contributed by atoms with Crippen LogP contribution in [0.15, 0.2) is 18.2 Å². The first-order valence-corrected chi connectivity index (χ1v) is 6.65. The number of nitro benzene ring substituents is 1. The molecule has 0 amide bonds. The highest BCUT2D eigenvalue weighted by Gasteiger charge is 2.26. The van der Waals surface area contributed by atoms with Crippen molar-refractivity contribution in [2.45, 2.75) is 38.8 Å². The van der Waals surface area contributed by atoms with Crippen LogP contribution in [0.3, 0.4) is 0 Å². The quantitative estimate of drug-likeness (QED) is 0.490. The lowest BCUT2D eigenvalue weighted by molar-refractivity contribution is -0.384. The minimum atomic E-state index is -0.874. The first-order valence-electron chi connectivity index (χ1n) is 6.65. The third kappa shape index (κ3) is 3.77. The minimum Gasteiger partial charge on any atom is -0.451 e. The predicted octanol–water partition coefficient (Wildman–Crippen LogP) is 2.30. The number of ketones is 1. The predicted molar refractivity (Wildman–Crippen MR) is 75.3 cm³/mol. The van der Waals surface area contributed by atoms with E-state index in [1.54, 1.807) is 0 Å². The molecule has 0 aromatic heterocycles. The van der Waals surface area contributed by atoms with Gasteiger partial charge in [-0.3, -0.25) is 14.9 Å². The monoisotopic (exact) mass is 292 g/mol. The average molecular weight is 292 g/mol. The first-order chi connectivity index (χ1) is 9.88. The Balaban J connectivity index is 2.20. The zero-order valence-electron chi connectivity index (χ0n) is 11.8. The van der Waals surface area contributed by atoms with Gasteiger partial charge in [-0.25, -0.2) is 4.79 Å². The second kappa shape index (κ2) is 5.90. The molecule has 1 aromatic rings. The van der Waals surface area contributed by atoms with Gasteiger partial charge in [-0.1, -0.05) is 0 Å². The van der Waals surface area contributed by atoms with E-state index in [-0.39, 0.29) is 23.1 Å². The summed E-state index contributed by atoms with van der Waals surface area (Å²) in [5, 5.41) is 14.1. The van der Waals surface area contributed by atoms with Crippen molar-refractivity contribution in [3.8, 4) is 0 Å². The molecule has 1 atom stereocenters. The van der Waals surface area contributed by atoms with Gasteiger partial charge in [-0.15, -0.1) is 0 Å². The number of rotatable bonds is 6. The van der Waals surface area contributed by atoms with E-state index < -0.39 is 17.0 Å². The van der Waals surface area contributed by atoms with Crippen LogP contribution in [0, 0.1) is 10.1 Å². The van der Waals surface area contributed by atoms with E-state index in [4.69, 9.17) is 4.74 Å². The molecule has 1 N–H and O–H groups in total. The Labute approximate surface area is 121 Å². The minimum absolute atomic E-state index is 0.0520.